The number of aromatic nitrogens is 2. The predicted octanol–water partition coefficient (Wildman–Crippen LogP) is 1.62. The number of aryl methyl sites for hydroxylation is 1. The number of halogens is 1. The Morgan fingerprint density at radius 3 is 3.11 bits per heavy atom. The quantitative estimate of drug-likeness (QED) is 0.910. The van der Waals surface area contributed by atoms with E-state index in [1.807, 2.05) is 6.07 Å². The van der Waals surface area contributed by atoms with E-state index < -0.39 is 0 Å². The van der Waals surface area contributed by atoms with Gasteiger partial charge in [-0.3, -0.25) is 0 Å². The number of hydrogen-bond donors (Lipinski definition) is 1. The van der Waals surface area contributed by atoms with Crippen LogP contribution in [-0.2, 0) is 19.5 Å². The molecule has 1 aliphatic rings. The molecule has 0 spiro atoms. The van der Waals surface area contributed by atoms with Gasteiger partial charge in [0.2, 0.25) is 5.89 Å². The molecule has 2 heterocycles. The first-order valence-electron chi connectivity index (χ1n) is 6.31. The van der Waals surface area contributed by atoms with Crippen LogP contribution in [0.4, 0.5) is 10.1 Å². The lowest BCUT2D eigenvalue weighted by Crippen LogP contribution is -2.29. The topological polar surface area (TPSA) is 68.2 Å². The normalized spacial score (nSPS) is 14.5. The van der Waals surface area contributed by atoms with Crippen LogP contribution < -0.4 is 10.6 Å². The molecule has 0 bridgehead atoms. The van der Waals surface area contributed by atoms with E-state index in [1.165, 1.54) is 6.07 Å². The minimum atomic E-state index is -0.189. The summed E-state index contributed by atoms with van der Waals surface area (Å²) in [6.07, 6.45) is 1.90. The smallest absolute Gasteiger partial charge is 0.240 e. The second-order valence-corrected chi connectivity index (χ2v) is 4.61. The Morgan fingerprint density at radius 2 is 2.32 bits per heavy atom. The van der Waals surface area contributed by atoms with Crippen LogP contribution in [0.15, 0.2) is 22.7 Å². The minimum Gasteiger partial charge on any atom is -0.364 e. The highest BCUT2D eigenvalue weighted by molar-refractivity contribution is 5.55. The molecule has 0 saturated carbocycles. The lowest BCUT2D eigenvalue weighted by atomic mass is 10.0. The lowest BCUT2D eigenvalue weighted by Gasteiger charge is -2.30. The molecule has 6 heteroatoms. The molecule has 0 unspecified atom stereocenters. The van der Waals surface area contributed by atoms with Gasteiger partial charge in [-0.1, -0.05) is 5.16 Å². The van der Waals surface area contributed by atoms with Crippen molar-refractivity contribution in [1.82, 2.24) is 10.1 Å². The summed E-state index contributed by atoms with van der Waals surface area (Å²) in [4.78, 5) is 6.34. The van der Waals surface area contributed by atoms with Crippen molar-refractivity contribution in [2.45, 2.75) is 25.9 Å². The summed E-state index contributed by atoms with van der Waals surface area (Å²) in [6, 6.07) is 4.90. The highest BCUT2D eigenvalue weighted by Gasteiger charge is 2.19. The SMILES string of the molecule is NCc1nc(CN2CCCc3cc(F)ccc32)no1. The molecule has 1 aromatic heterocycles. The molecule has 100 valence electrons. The van der Waals surface area contributed by atoms with Crippen molar-refractivity contribution >= 4 is 5.69 Å². The Morgan fingerprint density at radius 1 is 1.42 bits per heavy atom. The molecule has 0 amide bonds. The van der Waals surface area contributed by atoms with E-state index in [9.17, 15) is 4.39 Å². The molecule has 0 fully saturated rings. The number of fused-ring (bicyclic) bond motifs is 1. The van der Waals surface area contributed by atoms with Gasteiger partial charge in [0.25, 0.3) is 0 Å². The Balaban J connectivity index is 1.83. The van der Waals surface area contributed by atoms with Gasteiger partial charge in [0.15, 0.2) is 5.82 Å². The zero-order valence-corrected chi connectivity index (χ0v) is 10.5. The summed E-state index contributed by atoms with van der Waals surface area (Å²) >= 11 is 0. The van der Waals surface area contributed by atoms with Gasteiger partial charge in [-0.2, -0.15) is 4.98 Å². The van der Waals surface area contributed by atoms with Gasteiger partial charge >= 0.3 is 0 Å². The molecule has 0 atom stereocenters. The monoisotopic (exact) mass is 262 g/mol. The second kappa shape index (κ2) is 4.97. The van der Waals surface area contributed by atoms with E-state index in [1.54, 1.807) is 6.07 Å². The molecule has 5 nitrogen and oxygen atoms in total. The number of hydrogen-bond acceptors (Lipinski definition) is 5. The fourth-order valence-corrected chi connectivity index (χ4v) is 2.42. The summed E-state index contributed by atoms with van der Waals surface area (Å²) < 4.78 is 18.2. The summed E-state index contributed by atoms with van der Waals surface area (Å²) in [6.45, 7) is 1.71. The third kappa shape index (κ3) is 2.44. The molecule has 0 radical (unpaired) electrons. The van der Waals surface area contributed by atoms with Crippen LogP contribution in [0, 0.1) is 5.82 Å². The van der Waals surface area contributed by atoms with Crippen molar-refractivity contribution in [3.63, 3.8) is 0 Å². The fourth-order valence-electron chi connectivity index (χ4n) is 2.42. The van der Waals surface area contributed by atoms with Crippen molar-refractivity contribution in [1.29, 1.82) is 0 Å². The van der Waals surface area contributed by atoms with Crippen molar-refractivity contribution in [2.75, 3.05) is 11.4 Å². The van der Waals surface area contributed by atoms with Crippen molar-refractivity contribution in [2.24, 2.45) is 5.73 Å². The van der Waals surface area contributed by atoms with E-state index in [0.29, 0.717) is 18.3 Å². The standard InChI is InChI=1S/C13H15FN4O/c14-10-3-4-11-9(6-10)2-1-5-18(11)8-12-16-13(7-15)19-17-12/h3-4,6H,1-2,5,7-8,15H2. The van der Waals surface area contributed by atoms with Crippen LogP contribution in [0.25, 0.3) is 0 Å². The van der Waals surface area contributed by atoms with Crippen LogP contribution in [-0.4, -0.2) is 16.7 Å². The maximum Gasteiger partial charge on any atom is 0.240 e. The van der Waals surface area contributed by atoms with Crippen LogP contribution in [0.1, 0.15) is 23.7 Å². The molecular weight excluding hydrogens is 247 g/mol. The highest BCUT2D eigenvalue weighted by atomic mass is 19.1. The van der Waals surface area contributed by atoms with E-state index in [4.69, 9.17) is 10.3 Å². The number of benzene rings is 1. The van der Waals surface area contributed by atoms with Gasteiger partial charge in [0, 0.05) is 12.2 Å². The van der Waals surface area contributed by atoms with Gasteiger partial charge in [-0.25, -0.2) is 4.39 Å². The lowest BCUT2D eigenvalue weighted by molar-refractivity contribution is 0.374. The van der Waals surface area contributed by atoms with Gasteiger partial charge in [0.1, 0.15) is 5.82 Å². The first-order chi connectivity index (χ1) is 9.26. The van der Waals surface area contributed by atoms with Gasteiger partial charge < -0.3 is 15.2 Å². The average molecular weight is 262 g/mol. The number of nitrogens with two attached hydrogens (primary N) is 1. The molecule has 0 aliphatic carbocycles. The highest BCUT2D eigenvalue weighted by Crippen LogP contribution is 2.28. The first-order valence-corrected chi connectivity index (χ1v) is 6.31. The molecule has 0 saturated heterocycles. The first kappa shape index (κ1) is 12.1. The van der Waals surface area contributed by atoms with Crippen molar-refractivity contribution in [3.05, 3.63) is 41.3 Å². The van der Waals surface area contributed by atoms with E-state index in [-0.39, 0.29) is 12.4 Å². The van der Waals surface area contributed by atoms with Gasteiger partial charge in [-0.05, 0) is 36.6 Å². The molecule has 1 aromatic carbocycles. The Labute approximate surface area is 110 Å². The molecular formula is C13H15FN4O. The summed E-state index contributed by atoms with van der Waals surface area (Å²) in [5, 5.41) is 3.89. The van der Waals surface area contributed by atoms with Crippen LogP contribution in [0.3, 0.4) is 0 Å². The molecule has 19 heavy (non-hydrogen) atoms. The minimum absolute atomic E-state index is 0.189. The third-order valence-corrected chi connectivity index (χ3v) is 3.27. The Hall–Kier alpha value is -1.95. The zero-order chi connectivity index (χ0) is 13.2. The van der Waals surface area contributed by atoms with Gasteiger partial charge in [-0.15, -0.1) is 0 Å². The van der Waals surface area contributed by atoms with E-state index in [2.05, 4.69) is 15.0 Å². The number of rotatable bonds is 3. The summed E-state index contributed by atoms with van der Waals surface area (Å²) in [7, 11) is 0. The number of anilines is 1. The predicted molar refractivity (Wildman–Crippen MR) is 68.0 cm³/mol. The van der Waals surface area contributed by atoms with Crippen molar-refractivity contribution < 1.29 is 8.91 Å². The summed E-state index contributed by atoms with van der Waals surface area (Å²) in [5.74, 6) is 0.856. The Bertz CT molecular complexity index is 584. The maximum absolute atomic E-state index is 13.2. The Kier molecular flexibility index (Phi) is 3.16. The van der Waals surface area contributed by atoms with Crippen LogP contribution in [0.2, 0.25) is 0 Å². The second-order valence-electron chi connectivity index (χ2n) is 4.61. The van der Waals surface area contributed by atoms with E-state index >= 15 is 0 Å². The number of nitrogens with zero attached hydrogens (tertiary/aromatic N) is 3. The molecule has 2 aromatic rings. The molecule has 2 N–H and O–H groups in total. The average Bonchev–Trinajstić information content (AvgIpc) is 2.86. The molecule has 1 aliphatic heterocycles. The van der Waals surface area contributed by atoms with Crippen LogP contribution >= 0.6 is 0 Å². The molecule has 3 rings (SSSR count). The zero-order valence-electron chi connectivity index (χ0n) is 10.5. The maximum atomic E-state index is 13.2. The van der Waals surface area contributed by atoms with E-state index in [0.717, 1.165) is 30.6 Å². The fraction of sp³-hybridized carbons (Fsp3) is 0.385. The van der Waals surface area contributed by atoms with Crippen LogP contribution in [0.5, 0.6) is 0 Å². The summed E-state index contributed by atoms with van der Waals surface area (Å²) in [5.41, 5.74) is 7.52. The van der Waals surface area contributed by atoms with Gasteiger partial charge in [0.05, 0.1) is 13.1 Å². The largest absolute Gasteiger partial charge is 0.364 e. The van der Waals surface area contributed by atoms with Crippen molar-refractivity contribution in [3.8, 4) is 0 Å². The third-order valence-electron chi connectivity index (χ3n) is 3.27.